The number of aromatic nitrogens is 2. The minimum absolute atomic E-state index is 0.0859. The van der Waals surface area contributed by atoms with E-state index in [2.05, 4.69) is 29.4 Å². The van der Waals surface area contributed by atoms with Gasteiger partial charge in [0.2, 0.25) is 0 Å². The van der Waals surface area contributed by atoms with Crippen molar-refractivity contribution in [3.8, 4) is 0 Å². The molecule has 4 rings (SSSR count). The molecule has 100 valence electrons. The Bertz CT molecular complexity index is 810. The number of nitrogens with one attached hydrogen (secondary N) is 1. The van der Waals surface area contributed by atoms with Crippen molar-refractivity contribution in [2.24, 2.45) is 0 Å². The van der Waals surface area contributed by atoms with Crippen molar-refractivity contribution in [3.63, 3.8) is 0 Å². The van der Waals surface area contributed by atoms with Gasteiger partial charge in [-0.05, 0) is 30.5 Å². The number of para-hydroxylation sites is 1. The first kappa shape index (κ1) is 11.5. The van der Waals surface area contributed by atoms with Crippen molar-refractivity contribution in [1.29, 1.82) is 0 Å². The number of fused-ring (bicyclic) bond motifs is 1. The minimum Gasteiger partial charge on any atom is -0.295 e. The molecule has 1 heterocycles. The molecule has 0 amide bonds. The van der Waals surface area contributed by atoms with Crippen LogP contribution in [0.5, 0.6) is 0 Å². The Balaban J connectivity index is 1.75. The van der Waals surface area contributed by atoms with Crippen LogP contribution in [-0.4, -0.2) is 9.78 Å². The number of H-pyrrole nitrogens is 1. The summed E-state index contributed by atoms with van der Waals surface area (Å²) in [5.74, 6) is 0. The molecule has 1 aliphatic rings. The molecule has 3 nitrogen and oxygen atoms in total. The first-order valence-electron chi connectivity index (χ1n) is 7.02. The lowest BCUT2D eigenvalue weighted by Crippen LogP contribution is -2.25. The van der Waals surface area contributed by atoms with Crippen LogP contribution in [0.3, 0.4) is 0 Å². The molecular weight excluding hydrogens is 248 g/mol. The van der Waals surface area contributed by atoms with Crippen molar-refractivity contribution < 1.29 is 0 Å². The van der Waals surface area contributed by atoms with E-state index in [0.717, 1.165) is 30.3 Å². The highest BCUT2D eigenvalue weighted by atomic mass is 16.1. The van der Waals surface area contributed by atoms with Gasteiger partial charge in [0.15, 0.2) is 0 Å². The van der Waals surface area contributed by atoms with Crippen LogP contribution >= 0.6 is 0 Å². The van der Waals surface area contributed by atoms with E-state index in [1.54, 1.807) is 4.68 Å². The van der Waals surface area contributed by atoms with Crippen molar-refractivity contribution in [3.05, 3.63) is 70.5 Å². The van der Waals surface area contributed by atoms with Crippen LogP contribution in [0.15, 0.2) is 59.4 Å². The Morgan fingerprint density at radius 1 is 1.00 bits per heavy atom. The molecular formula is C17H16N2O. The summed E-state index contributed by atoms with van der Waals surface area (Å²) in [6, 6.07) is 18.2. The highest BCUT2D eigenvalue weighted by Crippen LogP contribution is 2.49. The minimum atomic E-state index is 0.0859. The topological polar surface area (TPSA) is 37.8 Å². The van der Waals surface area contributed by atoms with E-state index < -0.39 is 0 Å². The third-order valence-corrected chi connectivity index (χ3v) is 4.36. The van der Waals surface area contributed by atoms with Crippen LogP contribution in [0.2, 0.25) is 0 Å². The fourth-order valence-corrected chi connectivity index (χ4v) is 3.00. The summed E-state index contributed by atoms with van der Waals surface area (Å²) >= 11 is 0. The Hall–Kier alpha value is -2.29. The summed E-state index contributed by atoms with van der Waals surface area (Å²) < 4.78 is 1.77. The van der Waals surface area contributed by atoms with E-state index in [9.17, 15) is 4.79 Å². The second-order valence-electron chi connectivity index (χ2n) is 5.70. The summed E-state index contributed by atoms with van der Waals surface area (Å²) in [4.78, 5) is 12.4. The molecule has 1 aliphatic carbocycles. The number of nitrogens with zero attached hydrogens (tertiary/aromatic N) is 1. The van der Waals surface area contributed by atoms with Gasteiger partial charge >= 0.3 is 0 Å². The molecule has 0 saturated heterocycles. The van der Waals surface area contributed by atoms with E-state index in [-0.39, 0.29) is 11.0 Å². The first-order valence-corrected chi connectivity index (χ1v) is 7.02. The summed E-state index contributed by atoms with van der Waals surface area (Å²) in [5, 5.41) is 4.01. The van der Waals surface area contributed by atoms with Crippen molar-refractivity contribution in [2.75, 3.05) is 0 Å². The molecule has 0 aliphatic heterocycles. The summed E-state index contributed by atoms with van der Waals surface area (Å²) in [5.41, 5.74) is 2.49. The van der Waals surface area contributed by atoms with Crippen molar-refractivity contribution in [1.82, 2.24) is 9.78 Å². The van der Waals surface area contributed by atoms with Crippen LogP contribution in [0, 0.1) is 0 Å². The second-order valence-corrected chi connectivity index (χ2v) is 5.70. The maximum Gasteiger partial charge on any atom is 0.274 e. The van der Waals surface area contributed by atoms with Gasteiger partial charge in [-0.3, -0.25) is 14.6 Å². The van der Waals surface area contributed by atoms with E-state index in [0.29, 0.717) is 0 Å². The Morgan fingerprint density at radius 3 is 2.40 bits per heavy atom. The molecule has 0 atom stereocenters. The highest BCUT2D eigenvalue weighted by Gasteiger charge is 2.44. The number of rotatable bonds is 3. The second kappa shape index (κ2) is 4.10. The molecule has 3 aromatic rings. The average molecular weight is 264 g/mol. The molecule has 20 heavy (non-hydrogen) atoms. The fourth-order valence-electron chi connectivity index (χ4n) is 3.00. The van der Waals surface area contributed by atoms with Gasteiger partial charge in [-0.25, -0.2) is 0 Å². The van der Waals surface area contributed by atoms with E-state index in [1.807, 2.05) is 30.3 Å². The van der Waals surface area contributed by atoms with Crippen LogP contribution in [-0.2, 0) is 12.0 Å². The van der Waals surface area contributed by atoms with Crippen LogP contribution in [0.25, 0.3) is 10.9 Å². The summed E-state index contributed by atoms with van der Waals surface area (Å²) in [7, 11) is 0. The predicted molar refractivity (Wildman–Crippen MR) is 79.9 cm³/mol. The summed E-state index contributed by atoms with van der Waals surface area (Å²) in [6.07, 6.45) is 2.30. The monoisotopic (exact) mass is 264 g/mol. The molecule has 1 saturated carbocycles. The Kier molecular flexibility index (Phi) is 2.36. The Labute approximate surface area is 116 Å². The predicted octanol–water partition coefficient (Wildman–Crippen LogP) is 3.06. The molecule has 1 aromatic heterocycles. The van der Waals surface area contributed by atoms with Gasteiger partial charge in [0, 0.05) is 5.41 Å². The Morgan fingerprint density at radius 2 is 1.70 bits per heavy atom. The van der Waals surface area contributed by atoms with E-state index in [4.69, 9.17) is 0 Å². The number of hydrogen-bond donors (Lipinski definition) is 1. The lowest BCUT2D eigenvalue weighted by molar-refractivity contribution is 0.495. The zero-order valence-corrected chi connectivity index (χ0v) is 11.2. The third kappa shape index (κ3) is 1.70. The van der Waals surface area contributed by atoms with E-state index in [1.165, 1.54) is 5.56 Å². The van der Waals surface area contributed by atoms with Gasteiger partial charge in [-0.15, -0.1) is 0 Å². The number of benzene rings is 2. The van der Waals surface area contributed by atoms with Gasteiger partial charge in [0.1, 0.15) is 0 Å². The van der Waals surface area contributed by atoms with Gasteiger partial charge in [-0.1, -0.05) is 42.5 Å². The highest BCUT2D eigenvalue weighted by molar-refractivity contribution is 5.77. The largest absolute Gasteiger partial charge is 0.295 e. The lowest BCUT2D eigenvalue weighted by Gasteiger charge is -2.15. The van der Waals surface area contributed by atoms with Gasteiger partial charge in [0.25, 0.3) is 5.56 Å². The summed E-state index contributed by atoms with van der Waals surface area (Å²) in [6.45, 7) is 0.741. The lowest BCUT2D eigenvalue weighted by atomic mass is 9.96. The van der Waals surface area contributed by atoms with Crippen molar-refractivity contribution >= 4 is 10.9 Å². The first-order chi connectivity index (χ1) is 9.78. The zero-order valence-electron chi connectivity index (χ0n) is 11.2. The van der Waals surface area contributed by atoms with Crippen LogP contribution in [0.1, 0.15) is 18.4 Å². The van der Waals surface area contributed by atoms with Crippen LogP contribution < -0.4 is 5.56 Å². The third-order valence-electron chi connectivity index (χ3n) is 4.36. The number of aromatic amines is 1. The molecule has 1 N–H and O–H groups in total. The fraction of sp³-hybridized carbons (Fsp3) is 0.235. The van der Waals surface area contributed by atoms with Crippen molar-refractivity contribution in [2.45, 2.75) is 24.8 Å². The molecule has 2 aromatic carbocycles. The molecule has 0 bridgehead atoms. The normalized spacial score (nSPS) is 16.4. The molecule has 0 spiro atoms. The van der Waals surface area contributed by atoms with Gasteiger partial charge in [0.05, 0.1) is 17.4 Å². The number of hydrogen-bond acceptors (Lipinski definition) is 1. The van der Waals surface area contributed by atoms with Crippen LogP contribution in [0.4, 0.5) is 0 Å². The molecule has 3 heteroatoms. The molecule has 0 radical (unpaired) electrons. The molecule has 1 fully saturated rings. The standard InChI is InChI=1S/C17H16N2O/c20-16-14-8-4-5-9-15(14)18-19(16)12-17(10-11-17)13-6-2-1-3-7-13/h1-9,18H,10-12H2. The smallest absolute Gasteiger partial charge is 0.274 e. The maximum atomic E-state index is 12.4. The average Bonchev–Trinajstić information content (AvgIpc) is 3.22. The SMILES string of the molecule is O=c1c2ccccc2[nH]n1CC1(c2ccccc2)CC1. The zero-order chi connectivity index (χ0) is 13.6. The molecule has 0 unspecified atom stereocenters. The van der Waals surface area contributed by atoms with Gasteiger partial charge < -0.3 is 0 Å². The van der Waals surface area contributed by atoms with E-state index >= 15 is 0 Å². The maximum absolute atomic E-state index is 12.4. The van der Waals surface area contributed by atoms with Gasteiger partial charge in [-0.2, -0.15) is 0 Å². The quantitative estimate of drug-likeness (QED) is 0.775.